The summed E-state index contributed by atoms with van der Waals surface area (Å²) in [5.41, 5.74) is 1.85. The minimum atomic E-state index is -0.933. The highest BCUT2D eigenvalue weighted by Crippen LogP contribution is 2.23. The monoisotopic (exact) mass is 251 g/mol. The van der Waals surface area contributed by atoms with E-state index in [1.807, 2.05) is 26.8 Å². The van der Waals surface area contributed by atoms with Crippen molar-refractivity contribution in [3.05, 3.63) is 29.3 Å². The maximum Gasteiger partial charge on any atom is 0.337 e. The van der Waals surface area contributed by atoms with Crippen LogP contribution in [-0.4, -0.2) is 29.3 Å². The summed E-state index contributed by atoms with van der Waals surface area (Å²) in [7, 11) is 0. The fraction of sp³-hybridized carbons (Fsp3) is 0.500. The van der Waals surface area contributed by atoms with E-state index in [1.54, 1.807) is 12.1 Å². The first-order valence-electron chi connectivity index (χ1n) is 6.04. The molecule has 0 amide bonds. The SMILES string of the molecule is Cc1ccc(C(=O)O)c(NCC(C)(C)CCO)c1. The van der Waals surface area contributed by atoms with Gasteiger partial charge in [0.2, 0.25) is 0 Å². The second-order valence-electron chi connectivity index (χ2n) is 5.35. The zero-order chi connectivity index (χ0) is 13.8. The van der Waals surface area contributed by atoms with Gasteiger partial charge >= 0.3 is 5.97 Å². The van der Waals surface area contributed by atoms with Crippen molar-refractivity contribution in [2.24, 2.45) is 5.41 Å². The Morgan fingerprint density at radius 3 is 2.61 bits per heavy atom. The van der Waals surface area contributed by atoms with Crippen molar-refractivity contribution < 1.29 is 15.0 Å². The molecule has 100 valence electrons. The van der Waals surface area contributed by atoms with E-state index in [1.165, 1.54) is 0 Å². The fourth-order valence-corrected chi connectivity index (χ4v) is 1.72. The Balaban J connectivity index is 2.83. The Bertz CT molecular complexity index is 427. The quantitative estimate of drug-likeness (QED) is 0.726. The molecular weight excluding hydrogens is 230 g/mol. The van der Waals surface area contributed by atoms with Crippen LogP contribution in [0.2, 0.25) is 0 Å². The Morgan fingerprint density at radius 2 is 2.06 bits per heavy atom. The number of nitrogens with one attached hydrogen (secondary N) is 1. The van der Waals surface area contributed by atoms with Crippen LogP contribution in [0.5, 0.6) is 0 Å². The molecule has 0 atom stereocenters. The first-order chi connectivity index (χ1) is 8.35. The smallest absolute Gasteiger partial charge is 0.337 e. The summed E-state index contributed by atoms with van der Waals surface area (Å²) in [6.07, 6.45) is 0.675. The van der Waals surface area contributed by atoms with Gasteiger partial charge in [0.15, 0.2) is 0 Å². The van der Waals surface area contributed by atoms with Gasteiger partial charge in [0.1, 0.15) is 0 Å². The van der Waals surface area contributed by atoms with Crippen LogP contribution in [0.4, 0.5) is 5.69 Å². The number of carboxylic acid groups (broad SMARTS) is 1. The van der Waals surface area contributed by atoms with Crippen LogP contribution in [0.3, 0.4) is 0 Å². The van der Waals surface area contributed by atoms with Gasteiger partial charge in [-0.3, -0.25) is 0 Å². The minimum Gasteiger partial charge on any atom is -0.478 e. The highest BCUT2D eigenvalue weighted by atomic mass is 16.4. The van der Waals surface area contributed by atoms with E-state index in [4.69, 9.17) is 10.2 Å². The number of rotatable bonds is 6. The number of aryl methyl sites for hydroxylation is 1. The molecule has 18 heavy (non-hydrogen) atoms. The van der Waals surface area contributed by atoms with Crippen LogP contribution in [-0.2, 0) is 0 Å². The molecule has 1 aromatic carbocycles. The molecule has 0 spiro atoms. The zero-order valence-electron chi connectivity index (χ0n) is 11.2. The third-order valence-corrected chi connectivity index (χ3v) is 2.95. The van der Waals surface area contributed by atoms with Crippen LogP contribution in [0.25, 0.3) is 0 Å². The van der Waals surface area contributed by atoms with E-state index in [9.17, 15) is 4.79 Å². The lowest BCUT2D eigenvalue weighted by molar-refractivity contribution is 0.0697. The van der Waals surface area contributed by atoms with E-state index in [0.29, 0.717) is 18.7 Å². The second kappa shape index (κ2) is 5.87. The predicted octanol–water partition coefficient (Wildman–Crippen LogP) is 2.51. The van der Waals surface area contributed by atoms with Crippen molar-refractivity contribution in [1.29, 1.82) is 0 Å². The molecule has 3 N–H and O–H groups in total. The molecule has 0 saturated carbocycles. The Morgan fingerprint density at radius 1 is 1.39 bits per heavy atom. The number of carbonyl (C=O) groups is 1. The lowest BCUT2D eigenvalue weighted by Gasteiger charge is -2.25. The number of anilines is 1. The molecule has 0 bridgehead atoms. The maximum absolute atomic E-state index is 11.1. The summed E-state index contributed by atoms with van der Waals surface area (Å²) in [4.78, 5) is 11.1. The van der Waals surface area contributed by atoms with Crippen LogP contribution in [0, 0.1) is 12.3 Å². The molecule has 0 fully saturated rings. The summed E-state index contributed by atoms with van der Waals surface area (Å²) in [5, 5.41) is 21.2. The van der Waals surface area contributed by atoms with Crippen molar-refractivity contribution in [2.75, 3.05) is 18.5 Å². The lowest BCUT2D eigenvalue weighted by atomic mass is 9.89. The van der Waals surface area contributed by atoms with Crippen LogP contribution in [0.15, 0.2) is 18.2 Å². The minimum absolute atomic E-state index is 0.0751. The van der Waals surface area contributed by atoms with Gasteiger partial charge in [-0.15, -0.1) is 0 Å². The maximum atomic E-state index is 11.1. The van der Waals surface area contributed by atoms with Crippen molar-refractivity contribution in [3.8, 4) is 0 Å². The van der Waals surface area contributed by atoms with Gasteiger partial charge in [-0.05, 0) is 36.5 Å². The highest BCUT2D eigenvalue weighted by molar-refractivity contribution is 5.94. The number of aliphatic hydroxyl groups is 1. The molecule has 0 aliphatic heterocycles. The Kier molecular flexibility index (Phi) is 4.73. The number of hydrogen-bond donors (Lipinski definition) is 3. The molecule has 0 aromatic heterocycles. The molecule has 4 nitrogen and oxygen atoms in total. The molecule has 1 aromatic rings. The van der Waals surface area contributed by atoms with E-state index in [-0.39, 0.29) is 17.6 Å². The molecule has 0 unspecified atom stereocenters. The average Bonchev–Trinajstić information content (AvgIpc) is 2.26. The number of aliphatic hydroxyl groups excluding tert-OH is 1. The lowest BCUT2D eigenvalue weighted by Crippen LogP contribution is -2.25. The van der Waals surface area contributed by atoms with Crippen molar-refractivity contribution >= 4 is 11.7 Å². The van der Waals surface area contributed by atoms with Gasteiger partial charge in [-0.1, -0.05) is 19.9 Å². The van der Waals surface area contributed by atoms with E-state index >= 15 is 0 Å². The first kappa shape index (κ1) is 14.5. The number of benzene rings is 1. The summed E-state index contributed by atoms with van der Waals surface area (Å²) in [5.74, 6) is -0.933. The number of aromatic carboxylic acids is 1. The van der Waals surface area contributed by atoms with Crippen molar-refractivity contribution in [3.63, 3.8) is 0 Å². The molecule has 0 saturated heterocycles. The number of carboxylic acids is 1. The number of hydrogen-bond acceptors (Lipinski definition) is 3. The first-order valence-corrected chi connectivity index (χ1v) is 6.04. The third kappa shape index (κ3) is 4.04. The summed E-state index contributed by atoms with van der Waals surface area (Å²) < 4.78 is 0. The van der Waals surface area contributed by atoms with Crippen LogP contribution >= 0.6 is 0 Å². The summed E-state index contributed by atoms with van der Waals surface area (Å²) >= 11 is 0. The van der Waals surface area contributed by atoms with Gasteiger partial charge in [0.25, 0.3) is 0 Å². The van der Waals surface area contributed by atoms with Crippen LogP contribution < -0.4 is 5.32 Å². The van der Waals surface area contributed by atoms with E-state index in [0.717, 1.165) is 5.56 Å². The topological polar surface area (TPSA) is 69.6 Å². The van der Waals surface area contributed by atoms with Gasteiger partial charge in [0, 0.05) is 18.8 Å². The van der Waals surface area contributed by atoms with Gasteiger partial charge in [0.05, 0.1) is 5.56 Å². The largest absolute Gasteiger partial charge is 0.478 e. The third-order valence-electron chi connectivity index (χ3n) is 2.95. The molecule has 0 heterocycles. The van der Waals surface area contributed by atoms with E-state index in [2.05, 4.69) is 5.32 Å². The average molecular weight is 251 g/mol. The Hall–Kier alpha value is -1.55. The second-order valence-corrected chi connectivity index (χ2v) is 5.35. The summed E-state index contributed by atoms with van der Waals surface area (Å²) in [6, 6.07) is 5.23. The van der Waals surface area contributed by atoms with E-state index < -0.39 is 5.97 Å². The van der Waals surface area contributed by atoms with Crippen molar-refractivity contribution in [1.82, 2.24) is 0 Å². The van der Waals surface area contributed by atoms with Crippen LogP contribution in [0.1, 0.15) is 36.2 Å². The predicted molar refractivity (Wildman–Crippen MR) is 72.1 cm³/mol. The fourth-order valence-electron chi connectivity index (χ4n) is 1.72. The molecule has 0 aliphatic carbocycles. The summed E-state index contributed by atoms with van der Waals surface area (Å²) in [6.45, 7) is 6.75. The zero-order valence-corrected chi connectivity index (χ0v) is 11.2. The van der Waals surface area contributed by atoms with Crippen molar-refractivity contribution in [2.45, 2.75) is 27.2 Å². The normalized spacial score (nSPS) is 11.3. The van der Waals surface area contributed by atoms with Gasteiger partial charge in [-0.25, -0.2) is 4.79 Å². The molecule has 0 aliphatic rings. The van der Waals surface area contributed by atoms with Gasteiger partial charge in [-0.2, -0.15) is 0 Å². The Labute approximate surface area is 108 Å². The molecule has 4 heteroatoms. The molecule has 1 rings (SSSR count). The van der Waals surface area contributed by atoms with Gasteiger partial charge < -0.3 is 15.5 Å². The molecular formula is C14H21NO3. The molecule has 0 radical (unpaired) electrons. The standard InChI is InChI=1S/C14H21NO3/c1-10-4-5-11(13(17)18)12(8-10)15-9-14(2,3)6-7-16/h4-5,8,15-16H,6-7,9H2,1-3H3,(H,17,18). The highest BCUT2D eigenvalue weighted by Gasteiger charge is 2.18.